The Morgan fingerprint density at radius 3 is 2.78 bits per heavy atom. The number of carbonyl (C=O) groups is 1. The van der Waals surface area contributed by atoms with Gasteiger partial charge < -0.3 is 10.4 Å². The topological polar surface area (TPSA) is 49.3 Å². The molecule has 1 aromatic rings. The Kier molecular flexibility index (Phi) is 4.65. The van der Waals surface area contributed by atoms with E-state index >= 15 is 0 Å². The first-order chi connectivity index (χ1) is 8.58. The fourth-order valence-electron chi connectivity index (χ4n) is 2.17. The normalized spacial score (nSPS) is 23.7. The maximum absolute atomic E-state index is 12.0. The average molecular weight is 333 g/mol. The number of aliphatic hydroxyl groups is 1. The SMILES string of the molecule is O=C(N[C@H]1CCCC[C@@H]1O)c1ccc(Br)c(Cl)c1. The Hall–Kier alpha value is -0.580. The van der Waals surface area contributed by atoms with Gasteiger partial charge in [-0.25, -0.2) is 0 Å². The summed E-state index contributed by atoms with van der Waals surface area (Å²) in [6.45, 7) is 0. The van der Waals surface area contributed by atoms with Crippen molar-refractivity contribution in [3.63, 3.8) is 0 Å². The first-order valence-corrected chi connectivity index (χ1v) is 7.19. The van der Waals surface area contributed by atoms with Gasteiger partial charge in [-0.05, 0) is 47.0 Å². The molecule has 2 atom stereocenters. The van der Waals surface area contributed by atoms with Gasteiger partial charge in [0, 0.05) is 10.0 Å². The molecule has 1 amide bonds. The molecule has 1 aliphatic carbocycles. The average Bonchev–Trinajstić information content (AvgIpc) is 2.35. The number of rotatable bonds is 2. The predicted molar refractivity (Wildman–Crippen MR) is 74.9 cm³/mol. The molecule has 2 rings (SSSR count). The maximum Gasteiger partial charge on any atom is 0.251 e. The first kappa shape index (κ1) is 13.8. The number of halogens is 2. The van der Waals surface area contributed by atoms with Gasteiger partial charge in [-0.15, -0.1) is 0 Å². The highest BCUT2D eigenvalue weighted by atomic mass is 79.9. The summed E-state index contributed by atoms with van der Waals surface area (Å²) in [6.07, 6.45) is 3.22. The molecule has 0 radical (unpaired) electrons. The summed E-state index contributed by atoms with van der Waals surface area (Å²) in [5, 5.41) is 13.2. The van der Waals surface area contributed by atoms with Crippen LogP contribution in [0, 0.1) is 0 Å². The maximum atomic E-state index is 12.0. The molecule has 3 nitrogen and oxygen atoms in total. The summed E-state index contributed by atoms with van der Waals surface area (Å²) in [6, 6.07) is 4.93. The predicted octanol–water partition coefficient (Wildman–Crippen LogP) is 3.14. The molecular weight excluding hydrogens is 318 g/mol. The van der Waals surface area contributed by atoms with E-state index in [1.54, 1.807) is 18.2 Å². The summed E-state index contributed by atoms with van der Waals surface area (Å²) in [4.78, 5) is 12.0. The molecule has 1 fully saturated rings. The van der Waals surface area contributed by atoms with Crippen molar-refractivity contribution in [1.82, 2.24) is 5.32 Å². The minimum absolute atomic E-state index is 0.145. The van der Waals surface area contributed by atoms with E-state index in [1.165, 1.54) is 0 Å². The lowest BCUT2D eigenvalue weighted by Gasteiger charge is -2.28. The van der Waals surface area contributed by atoms with Gasteiger partial charge in [0.05, 0.1) is 17.2 Å². The van der Waals surface area contributed by atoms with Crippen molar-refractivity contribution < 1.29 is 9.90 Å². The fourth-order valence-corrected chi connectivity index (χ4v) is 2.60. The van der Waals surface area contributed by atoms with Crippen molar-refractivity contribution in [2.45, 2.75) is 37.8 Å². The van der Waals surface area contributed by atoms with Crippen LogP contribution in [0.4, 0.5) is 0 Å². The second-order valence-corrected chi connectivity index (χ2v) is 5.82. The van der Waals surface area contributed by atoms with Crippen LogP contribution in [0.2, 0.25) is 5.02 Å². The van der Waals surface area contributed by atoms with E-state index in [9.17, 15) is 9.90 Å². The molecule has 1 aliphatic rings. The highest BCUT2D eigenvalue weighted by Crippen LogP contribution is 2.24. The van der Waals surface area contributed by atoms with Crippen molar-refractivity contribution in [3.05, 3.63) is 33.3 Å². The molecule has 5 heteroatoms. The lowest BCUT2D eigenvalue weighted by molar-refractivity contribution is 0.0717. The number of hydrogen-bond donors (Lipinski definition) is 2. The summed E-state index contributed by atoms with van der Waals surface area (Å²) >= 11 is 9.24. The van der Waals surface area contributed by atoms with E-state index in [-0.39, 0.29) is 11.9 Å². The standard InChI is InChI=1S/C13H15BrClNO2/c14-9-6-5-8(7-10(9)15)13(18)16-11-3-1-2-4-12(11)17/h5-7,11-12,17H,1-4H2,(H,16,18)/t11-,12-/m0/s1. The van der Waals surface area contributed by atoms with E-state index in [2.05, 4.69) is 21.2 Å². The van der Waals surface area contributed by atoms with Gasteiger partial charge in [-0.3, -0.25) is 4.79 Å². The second kappa shape index (κ2) is 6.04. The van der Waals surface area contributed by atoms with Crippen molar-refractivity contribution in [2.24, 2.45) is 0 Å². The number of aliphatic hydroxyl groups excluding tert-OH is 1. The third-order valence-electron chi connectivity index (χ3n) is 3.23. The van der Waals surface area contributed by atoms with Crippen LogP contribution in [-0.2, 0) is 0 Å². The Morgan fingerprint density at radius 2 is 2.11 bits per heavy atom. The highest BCUT2D eigenvalue weighted by Gasteiger charge is 2.24. The fraction of sp³-hybridized carbons (Fsp3) is 0.462. The minimum atomic E-state index is -0.436. The van der Waals surface area contributed by atoms with Crippen LogP contribution in [0.15, 0.2) is 22.7 Å². The zero-order valence-corrected chi connectivity index (χ0v) is 12.2. The monoisotopic (exact) mass is 331 g/mol. The van der Waals surface area contributed by atoms with Crippen LogP contribution >= 0.6 is 27.5 Å². The molecule has 0 bridgehead atoms. The van der Waals surface area contributed by atoms with Gasteiger partial charge >= 0.3 is 0 Å². The molecular formula is C13H15BrClNO2. The number of carbonyl (C=O) groups excluding carboxylic acids is 1. The van der Waals surface area contributed by atoms with Gasteiger partial charge in [-0.2, -0.15) is 0 Å². The van der Waals surface area contributed by atoms with Gasteiger partial charge in [0.2, 0.25) is 0 Å². The molecule has 2 N–H and O–H groups in total. The molecule has 0 aromatic heterocycles. The minimum Gasteiger partial charge on any atom is -0.391 e. The third-order valence-corrected chi connectivity index (χ3v) is 4.46. The Labute approximate surface area is 120 Å². The zero-order valence-electron chi connectivity index (χ0n) is 9.83. The molecule has 0 saturated heterocycles. The molecule has 1 aromatic carbocycles. The number of amides is 1. The van der Waals surface area contributed by atoms with Crippen LogP contribution in [0.25, 0.3) is 0 Å². The summed E-state index contributed by atoms with van der Waals surface area (Å²) < 4.78 is 0.762. The summed E-state index contributed by atoms with van der Waals surface area (Å²) in [5.74, 6) is -0.185. The van der Waals surface area contributed by atoms with E-state index < -0.39 is 6.10 Å². The summed E-state index contributed by atoms with van der Waals surface area (Å²) in [5.41, 5.74) is 0.515. The molecule has 0 unspecified atom stereocenters. The van der Waals surface area contributed by atoms with E-state index in [0.29, 0.717) is 10.6 Å². The van der Waals surface area contributed by atoms with Crippen LogP contribution in [0.1, 0.15) is 36.0 Å². The number of nitrogens with one attached hydrogen (secondary N) is 1. The quantitative estimate of drug-likeness (QED) is 0.874. The smallest absolute Gasteiger partial charge is 0.251 e. The Morgan fingerprint density at radius 1 is 1.39 bits per heavy atom. The molecule has 0 aliphatic heterocycles. The van der Waals surface area contributed by atoms with E-state index in [4.69, 9.17) is 11.6 Å². The van der Waals surface area contributed by atoms with Gasteiger partial charge in [0.1, 0.15) is 0 Å². The lowest BCUT2D eigenvalue weighted by Crippen LogP contribution is -2.45. The van der Waals surface area contributed by atoms with Gasteiger partial charge in [0.25, 0.3) is 5.91 Å². The van der Waals surface area contributed by atoms with Crippen LogP contribution in [0.5, 0.6) is 0 Å². The van der Waals surface area contributed by atoms with Crippen molar-refractivity contribution in [1.29, 1.82) is 0 Å². The molecule has 18 heavy (non-hydrogen) atoms. The van der Waals surface area contributed by atoms with Crippen molar-refractivity contribution in [2.75, 3.05) is 0 Å². The number of hydrogen-bond acceptors (Lipinski definition) is 2. The molecule has 0 heterocycles. The largest absolute Gasteiger partial charge is 0.391 e. The molecule has 1 saturated carbocycles. The Bertz CT molecular complexity index is 453. The van der Waals surface area contributed by atoms with Crippen molar-refractivity contribution in [3.8, 4) is 0 Å². The lowest BCUT2D eigenvalue weighted by atomic mass is 9.92. The van der Waals surface area contributed by atoms with Crippen LogP contribution in [0.3, 0.4) is 0 Å². The van der Waals surface area contributed by atoms with Gasteiger partial charge in [-0.1, -0.05) is 24.4 Å². The van der Waals surface area contributed by atoms with Gasteiger partial charge in [0.15, 0.2) is 0 Å². The van der Waals surface area contributed by atoms with Crippen molar-refractivity contribution >= 4 is 33.4 Å². The first-order valence-electron chi connectivity index (χ1n) is 6.02. The molecule has 98 valence electrons. The Balaban J connectivity index is 2.04. The zero-order chi connectivity index (χ0) is 13.1. The van der Waals surface area contributed by atoms with E-state index in [1.807, 2.05) is 0 Å². The van der Waals surface area contributed by atoms with Crippen LogP contribution in [-0.4, -0.2) is 23.2 Å². The van der Waals surface area contributed by atoms with Crippen LogP contribution < -0.4 is 5.32 Å². The number of benzene rings is 1. The second-order valence-electron chi connectivity index (χ2n) is 4.56. The third kappa shape index (κ3) is 3.25. The highest BCUT2D eigenvalue weighted by molar-refractivity contribution is 9.10. The van der Waals surface area contributed by atoms with E-state index in [0.717, 1.165) is 30.2 Å². The summed E-state index contributed by atoms with van der Waals surface area (Å²) in [7, 11) is 0. The molecule has 0 spiro atoms.